The summed E-state index contributed by atoms with van der Waals surface area (Å²) in [5, 5.41) is 23.4. The Labute approximate surface area is 107 Å². The molecule has 18 heavy (non-hydrogen) atoms. The van der Waals surface area contributed by atoms with Crippen molar-refractivity contribution < 1.29 is 15.0 Å². The Hall–Kier alpha value is -1.43. The molecule has 100 valence electrons. The second-order valence-corrected chi connectivity index (χ2v) is 4.16. The third-order valence-corrected chi connectivity index (χ3v) is 2.49. The van der Waals surface area contributed by atoms with Crippen LogP contribution in [0.4, 0.5) is 0 Å². The Morgan fingerprint density at radius 2 is 1.94 bits per heavy atom. The lowest BCUT2D eigenvalue weighted by molar-refractivity contribution is 0.0929. The molecule has 5 heteroatoms. The molecule has 0 aliphatic rings. The molecule has 0 heterocycles. The average molecular weight is 252 g/mol. The molecule has 0 aliphatic carbocycles. The molecule has 0 fully saturated rings. The first-order valence-electron chi connectivity index (χ1n) is 5.98. The summed E-state index contributed by atoms with van der Waals surface area (Å²) in [7, 11) is 0. The van der Waals surface area contributed by atoms with Crippen LogP contribution in [0.5, 0.6) is 0 Å². The molecule has 4 N–H and O–H groups in total. The van der Waals surface area contributed by atoms with Crippen molar-refractivity contribution in [3.63, 3.8) is 0 Å². The molecular weight excluding hydrogens is 232 g/mol. The highest BCUT2D eigenvalue weighted by Crippen LogP contribution is 2.02. The molecular formula is C13H20N2O3. The van der Waals surface area contributed by atoms with Crippen molar-refractivity contribution in [2.45, 2.75) is 13.0 Å². The summed E-state index contributed by atoms with van der Waals surface area (Å²) in [5.74, 6) is -0.112. The Kier molecular flexibility index (Phi) is 6.35. The minimum Gasteiger partial charge on any atom is -0.394 e. The minimum atomic E-state index is -0.752. The van der Waals surface area contributed by atoms with Crippen LogP contribution in [0.25, 0.3) is 0 Å². The van der Waals surface area contributed by atoms with Gasteiger partial charge in [-0.1, -0.05) is 17.7 Å². The summed E-state index contributed by atoms with van der Waals surface area (Å²) in [6, 6.07) is 7.36. The smallest absolute Gasteiger partial charge is 0.251 e. The Morgan fingerprint density at radius 1 is 1.28 bits per heavy atom. The zero-order chi connectivity index (χ0) is 13.4. The van der Waals surface area contributed by atoms with E-state index in [1.54, 1.807) is 12.1 Å². The van der Waals surface area contributed by atoms with E-state index in [0.717, 1.165) is 5.56 Å². The average Bonchev–Trinajstić information content (AvgIpc) is 2.38. The van der Waals surface area contributed by atoms with Crippen LogP contribution in [0.2, 0.25) is 0 Å². The predicted molar refractivity (Wildman–Crippen MR) is 69.5 cm³/mol. The van der Waals surface area contributed by atoms with E-state index in [2.05, 4.69) is 10.6 Å². The fourth-order valence-electron chi connectivity index (χ4n) is 1.40. The number of hydrogen-bond donors (Lipinski definition) is 4. The Bertz CT molecular complexity index is 365. The van der Waals surface area contributed by atoms with Gasteiger partial charge in [0.1, 0.15) is 0 Å². The second-order valence-electron chi connectivity index (χ2n) is 4.16. The van der Waals surface area contributed by atoms with Crippen LogP contribution in [0, 0.1) is 6.92 Å². The molecule has 1 aromatic carbocycles. The molecule has 0 bridgehead atoms. The van der Waals surface area contributed by atoms with Crippen molar-refractivity contribution in [2.75, 3.05) is 26.2 Å². The maximum atomic E-state index is 11.7. The summed E-state index contributed by atoms with van der Waals surface area (Å²) in [6.45, 7) is 3.05. The van der Waals surface area contributed by atoms with Crippen LogP contribution in [0.3, 0.4) is 0 Å². The van der Waals surface area contributed by atoms with Crippen LogP contribution in [0.15, 0.2) is 24.3 Å². The number of carbonyl (C=O) groups excluding carboxylic acids is 1. The van der Waals surface area contributed by atoms with Crippen LogP contribution >= 0.6 is 0 Å². The highest BCUT2D eigenvalue weighted by atomic mass is 16.3. The molecule has 0 saturated carbocycles. The first-order valence-corrected chi connectivity index (χ1v) is 5.98. The van der Waals surface area contributed by atoms with Crippen molar-refractivity contribution in [2.24, 2.45) is 0 Å². The number of aliphatic hydroxyl groups excluding tert-OH is 2. The summed E-state index contributed by atoms with van der Waals surface area (Å²) in [5.41, 5.74) is 1.75. The topological polar surface area (TPSA) is 81.6 Å². The van der Waals surface area contributed by atoms with E-state index < -0.39 is 6.10 Å². The molecule has 0 saturated heterocycles. The molecule has 1 rings (SSSR count). The van der Waals surface area contributed by atoms with E-state index >= 15 is 0 Å². The van der Waals surface area contributed by atoms with Crippen molar-refractivity contribution in [3.05, 3.63) is 35.4 Å². The van der Waals surface area contributed by atoms with E-state index in [9.17, 15) is 4.79 Å². The molecule has 0 spiro atoms. The molecule has 1 aromatic rings. The van der Waals surface area contributed by atoms with E-state index in [0.29, 0.717) is 25.2 Å². The molecule has 5 nitrogen and oxygen atoms in total. The van der Waals surface area contributed by atoms with Gasteiger partial charge >= 0.3 is 0 Å². The molecule has 0 radical (unpaired) electrons. The first-order chi connectivity index (χ1) is 8.63. The van der Waals surface area contributed by atoms with Crippen molar-refractivity contribution in [3.8, 4) is 0 Å². The zero-order valence-electron chi connectivity index (χ0n) is 10.5. The van der Waals surface area contributed by atoms with Crippen molar-refractivity contribution >= 4 is 5.91 Å². The van der Waals surface area contributed by atoms with E-state index in [-0.39, 0.29) is 12.5 Å². The molecule has 0 aliphatic heterocycles. The predicted octanol–water partition coefficient (Wildman–Crippen LogP) is -0.332. The van der Waals surface area contributed by atoms with Gasteiger partial charge in [0.05, 0.1) is 12.7 Å². The van der Waals surface area contributed by atoms with Gasteiger partial charge in [0.2, 0.25) is 0 Å². The normalized spacial score (nSPS) is 12.2. The van der Waals surface area contributed by atoms with Gasteiger partial charge in [-0.05, 0) is 19.1 Å². The van der Waals surface area contributed by atoms with Crippen LogP contribution < -0.4 is 10.6 Å². The Balaban J connectivity index is 2.19. The number of rotatable bonds is 7. The SMILES string of the molecule is Cc1ccc(C(=O)NCCNC[C@@H](O)CO)cc1. The lowest BCUT2D eigenvalue weighted by Crippen LogP contribution is -2.36. The molecule has 0 aromatic heterocycles. The number of hydrogen-bond acceptors (Lipinski definition) is 4. The maximum Gasteiger partial charge on any atom is 0.251 e. The first kappa shape index (κ1) is 14.6. The summed E-state index contributed by atoms with van der Waals surface area (Å²) >= 11 is 0. The standard InChI is InChI=1S/C13H20N2O3/c1-10-2-4-11(5-3-10)13(18)15-7-6-14-8-12(17)9-16/h2-5,12,14,16-17H,6-9H2,1H3,(H,15,18)/t12-/m1/s1. The number of aryl methyl sites for hydroxylation is 1. The van der Waals surface area contributed by atoms with Crippen LogP contribution in [-0.4, -0.2) is 48.5 Å². The zero-order valence-corrected chi connectivity index (χ0v) is 10.5. The van der Waals surface area contributed by atoms with Gasteiger partial charge in [-0.3, -0.25) is 4.79 Å². The van der Waals surface area contributed by atoms with Gasteiger partial charge < -0.3 is 20.8 Å². The fraction of sp³-hybridized carbons (Fsp3) is 0.462. The maximum absolute atomic E-state index is 11.7. The number of aliphatic hydroxyl groups is 2. The summed E-state index contributed by atoms with van der Waals surface area (Å²) in [6.07, 6.45) is -0.752. The third kappa shape index (κ3) is 5.27. The summed E-state index contributed by atoms with van der Waals surface area (Å²) < 4.78 is 0. The quantitative estimate of drug-likeness (QED) is 0.501. The van der Waals surface area contributed by atoms with Gasteiger partial charge in [-0.25, -0.2) is 0 Å². The van der Waals surface area contributed by atoms with Gasteiger partial charge in [-0.2, -0.15) is 0 Å². The van der Waals surface area contributed by atoms with E-state index in [1.807, 2.05) is 19.1 Å². The van der Waals surface area contributed by atoms with Gasteiger partial charge in [0, 0.05) is 25.2 Å². The van der Waals surface area contributed by atoms with Crippen LogP contribution in [0.1, 0.15) is 15.9 Å². The van der Waals surface area contributed by atoms with E-state index in [4.69, 9.17) is 10.2 Å². The molecule has 1 atom stereocenters. The highest BCUT2D eigenvalue weighted by molar-refractivity contribution is 5.94. The van der Waals surface area contributed by atoms with Crippen LogP contribution in [-0.2, 0) is 0 Å². The lowest BCUT2D eigenvalue weighted by atomic mass is 10.1. The largest absolute Gasteiger partial charge is 0.394 e. The van der Waals surface area contributed by atoms with Gasteiger partial charge in [0.25, 0.3) is 5.91 Å². The van der Waals surface area contributed by atoms with Crippen molar-refractivity contribution in [1.82, 2.24) is 10.6 Å². The van der Waals surface area contributed by atoms with Crippen molar-refractivity contribution in [1.29, 1.82) is 0 Å². The summed E-state index contributed by atoms with van der Waals surface area (Å²) in [4.78, 5) is 11.7. The van der Waals surface area contributed by atoms with E-state index in [1.165, 1.54) is 0 Å². The fourth-order valence-corrected chi connectivity index (χ4v) is 1.40. The number of carbonyl (C=O) groups is 1. The number of nitrogens with one attached hydrogen (secondary N) is 2. The highest BCUT2D eigenvalue weighted by Gasteiger charge is 2.04. The molecule has 1 amide bonds. The van der Waals surface area contributed by atoms with Gasteiger partial charge in [0.15, 0.2) is 0 Å². The lowest BCUT2D eigenvalue weighted by Gasteiger charge is -2.09. The second kappa shape index (κ2) is 7.81. The molecule has 0 unspecified atom stereocenters. The third-order valence-electron chi connectivity index (χ3n) is 2.49. The Morgan fingerprint density at radius 3 is 2.56 bits per heavy atom. The number of amides is 1. The number of benzene rings is 1. The monoisotopic (exact) mass is 252 g/mol. The van der Waals surface area contributed by atoms with Gasteiger partial charge in [-0.15, -0.1) is 0 Å². The minimum absolute atomic E-state index is 0.112.